The Labute approximate surface area is 150 Å². The number of carbonyl (C=O) groups excluding carboxylic acids is 1. The highest BCUT2D eigenvalue weighted by Crippen LogP contribution is 2.35. The van der Waals surface area contributed by atoms with Crippen molar-refractivity contribution in [3.63, 3.8) is 0 Å². The molecule has 1 amide bonds. The zero-order valence-corrected chi connectivity index (χ0v) is 15.0. The molecule has 7 heteroatoms. The van der Waals surface area contributed by atoms with E-state index in [1.807, 2.05) is 6.92 Å². The molecule has 0 bridgehead atoms. The minimum Gasteiger partial charge on any atom is -0.507 e. The number of fused-ring (bicyclic) bond motifs is 1. The van der Waals surface area contributed by atoms with Crippen molar-refractivity contribution in [2.75, 3.05) is 5.32 Å². The maximum absolute atomic E-state index is 12.5. The molecule has 26 heavy (non-hydrogen) atoms. The van der Waals surface area contributed by atoms with Gasteiger partial charge in [-0.05, 0) is 55.1 Å². The number of carbonyl (C=O) groups is 1. The minimum absolute atomic E-state index is 0.0956. The third-order valence-electron chi connectivity index (χ3n) is 4.01. The second kappa shape index (κ2) is 6.44. The molecule has 0 aliphatic heterocycles. The summed E-state index contributed by atoms with van der Waals surface area (Å²) < 4.78 is 32.5. The number of aromatic hydroxyl groups is 1. The summed E-state index contributed by atoms with van der Waals surface area (Å²) in [5.41, 5.74) is 2.18. The van der Waals surface area contributed by atoms with Crippen molar-refractivity contribution >= 4 is 32.5 Å². The highest BCUT2D eigenvalue weighted by molar-refractivity contribution is 7.85. The quantitative estimate of drug-likeness (QED) is 0.610. The Morgan fingerprint density at radius 1 is 0.962 bits per heavy atom. The van der Waals surface area contributed by atoms with Gasteiger partial charge in [0.1, 0.15) is 5.75 Å². The molecule has 3 aromatic carbocycles. The van der Waals surface area contributed by atoms with Crippen molar-refractivity contribution in [3.05, 3.63) is 65.2 Å². The normalized spacial score (nSPS) is 11.5. The molecule has 0 spiro atoms. The van der Waals surface area contributed by atoms with Crippen LogP contribution in [0.1, 0.15) is 21.5 Å². The van der Waals surface area contributed by atoms with Gasteiger partial charge in [0.25, 0.3) is 16.0 Å². The number of anilines is 1. The molecule has 0 unspecified atom stereocenters. The summed E-state index contributed by atoms with van der Waals surface area (Å²) in [6.07, 6.45) is 0. The zero-order chi connectivity index (χ0) is 19.1. The predicted octanol–water partition coefficient (Wildman–Crippen LogP) is 3.66. The van der Waals surface area contributed by atoms with Crippen LogP contribution in [0.4, 0.5) is 5.69 Å². The van der Waals surface area contributed by atoms with Gasteiger partial charge in [-0.1, -0.05) is 23.8 Å². The SMILES string of the molecule is Cc1ccc(C(=O)Nc2cc(S(=O)(=O)O)cc3cc(C)cc(O)c23)cc1. The van der Waals surface area contributed by atoms with E-state index in [4.69, 9.17) is 0 Å². The van der Waals surface area contributed by atoms with E-state index in [0.717, 1.165) is 11.6 Å². The van der Waals surface area contributed by atoms with E-state index in [1.54, 1.807) is 37.3 Å². The molecular weight excluding hydrogens is 354 g/mol. The molecule has 134 valence electrons. The first-order valence-electron chi connectivity index (χ1n) is 7.78. The molecule has 0 heterocycles. The van der Waals surface area contributed by atoms with Crippen LogP contribution in [0.25, 0.3) is 10.8 Å². The first-order chi connectivity index (χ1) is 12.1. The number of phenolic OH excluding ortho intramolecular Hbond substituents is 1. The van der Waals surface area contributed by atoms with E-state index >= 15 is 0 Å². The van der Waals surface area contributed by atoms with Crippen molar-refractivity contribution < 1.29 is 22.9 Å². The van der Waals surface area contributed by atoms with Crippen molar-refractivity contribution in [2.45, 2.75) is 18.7 Å². The standard InChI is InChI=1S/C19H17NO5S/c1-11-3-5-13(6-4-11)19(22)20-16-10-15(26(23,24)25)9-14-7-12(2)8-17(21)18(14)16/h3-10,21H,1-2H3,(H,20,22)(H,23,24,25). The number of rotatable bonds is 3. The smallest absolute Gasteiger partial charge is 0.294 e. The molecule has 0 radical (unpaired) electrons. The van der Waals surface area contributed by atoms with Gasteiger partial charge in [0.15, 0.2) is 0 Å². The number of hydrogen-bond acceptors (Lipinski definition) is 4. The maximum Gasteiger partial charge on any atom is 0.294 e. The molecule has 0 saturated heterocycles. The number of aryl methyl sites for hydroxylation is 2. The van der Waals surface area contributed by atoms with Gasteiger partial charge in [-0.25, -0.2) is 0 Å². The van der Waals surface area contributed by atoms with Gasteiger partial charge >= 0.3 is 0 Å². The van der Waals surface area contributed by atoms with Crippen LogP contribution in [-0.2, 0) is 10.1 Å². The Morgan fingerprint density at radius 2 is 1.62 bits per heavy atom. The van der Waals surface area contributed by atoms with Crippen LogP contribution in [-0.4, -0.2) is 24.0 Å². The first-order valence-corrected chi connectivity index (χ1v) is 9.22. The van der Waals surface area contributed by atoms with E-state index in [2.05, 4.69) is 5.32 Å². The lowest BCUT2D eigenvalue weighted by atomic mass is 10.0. The Kier molecular flexibility index (Phi) is 4.43. The second-order valence-corrected chi connectivity index (χ2v) is 7.57. The van der Waals surface area contributed by atoms with Gasteiger partial charge in [-0.2, -0.15) is 8.42 Å². The van der Waals surface area contributed by atoms with Gasteiger partial charge in [0.05, 0.1) is 10.6 Å². The Bertz CT molecular complexity index is 1120. The Balaban J connectivity index is 2.17. The first kappa shape index (κ1) is 17.9. The van der Waals surface area contributed by atoms with Crippen LogP contribution < -0.4 is 5.32 Å². The van der Waals surface area contributed by atoms with E-state index in [0.29, 0.717) is 21.9 Å². The highest BCUT2D eigenvalue weighted by atomic mass is 32.2. The Morgan fingerprint density at radius 3 is 2.23 bits per heavy atom. The topological polar surface area (TPSA) is 104 Å². The molecule has 0 atom stereocenters. The van der Waals surface area contributed by atoms with Crippen LogP contribution in [0, 0.1) is 13.8 Å². The number of hydrogen-bond donors (Lipinski definition) is 3. The summed E-state index contributed by atoms with van der Waals surface area (Å²) >= 11 is 0. The summed E-state index contributed by atoms with van der Waals surface area (Å²) in [6, 6.07) is 12.4. The van der Waals surface area contributed by atoms with E-state index in [-0.39, 0.29) is 16.3 Å². The van der Waals surface area contributed by atoms with Gasteiger partial charge in [-0.15, -0.1) is 0 Å². The van der Waals surface area contributed by atoms with Crippen molar-refractivity contribution in [1.82, 2.24) is 0 Å². The molecule has 0 fully saturated rings. The van der Waals surface area contributed by atoms with Crippen LogP contribution in [0.5, 0.6) is 5.75 Å². The van der Waals surface area contributed by atoms with Crippen molar-refractivity contribution in [2.24, 2.45) is 0 Å². The van der Waals surface area contributed by atoms with E-state index < -0.39 is 16.0 Å². The lowest BCUT2D eigenvalue weighted by Gasteiger charge is -2.13. The van der Waals surface area contributed by atoms with Crippen LogP contribution in [0.15, 0.2) is 53.4 Å². The van der Waals surface area contributed by atoms with Crippen molar-refractivity contribution in [1.29, 1.82) is 0 Å². The summed E-state index contributed by atoms with van der Waals surface area (Å²) in [6.45, 7) is 3.63. The van der Waals surface area contributed by atoms with Crippen LogP contribution in [0.2, 0.25) is 0 Å². The Hall–Kier alpha value is -2.90. The van der Waals surface area contributed by atoms with Gasteiger partial charge in [0.2, 0.25) is 0 Å². The summed E-state index contributed by atoms with van der Waals surface area (Å²) in [5.74, 6) is -0.556. The van der Waals surface area contributed by atoms with Gasteiger partial charge in [0, 0.05) is 10.9 Å². The van der Waals surface area contributed by atoms with Crippen LogP contribution >= 0.6 is 0 Å². The van der Waals surface area contributed by atoms with Gasteiger partial charge in [-0.3, -0.25) is 9.35 Å². The molecule has 3 aromatic rings. The van der Waals surface area contributed by atoms with E-state index in [1.165, 1.54) is 12.1 Å². The molecule has 0 aliphatic carbocycles. The largest absolute Gasteiger partial charge is 0.507 e. The molecule has 3 rings (SSSR count). The van der Waals surface area contributed by atoms with Gasteiger partial charge < -0.3 is 10.4 Å². The molecule has 3 N–H and O–H groups in total. The second-order valence-electron chi connectivity index (χ2n) is 6.15. The molecular formula is C19H17NO5S. The summed E-state index contributed by atoms with van der Waals surface area (Å²) in [5, 5.41) is 13.6. The number of amides is 1. The fraction of sp³-hybridized carbons (Fsp3) is 0.105. The zero-order valence-electron chi connectivity index (χ0n) is 14.1. The minimum atomic E-state index is -4.48. The van der Waals surface area contributed by atoms with Crippen molar-refractivity contribution in [3.8, 4) is 5.75 Å². The predicted molar refractivity (Wildman–Crippen MR) is 99.3 cm³/mol. The number of phenols is 1. The number of benzene rings is 3. The van der Waals surface area contributed by atoms with E-state index in [9.17, 15) is 22.9 Å². The highest BCUT2D eigenvalue weighted by Gasteiger charge is 2.18. The average Bonchev–Trinajstić information content (AvgIpc) is 2.53. The third kappa shape index (κ3) is 3.54. The summed E-state index contributed by atoms with van der Waals surface area (Å²) in [7, 11) is -4.48. The third-order valence-corrected chi connectivity index (χ3v) is 4.84. The fourth-order valence-corrected chi connectivity index (χ4v) is 3.30. The monoisotopic (exact) mass is 371 g/mol. The average molecular weight is 371 g/mol. The summed E-state index contributed by atoms with van der Waals surface area (Å²) in [4.78, 5) is 12.1. The molecule has 6 nitrogen and oxygen atoms in total. The molecule has 0 aromatic heterocycles. The van der Waals surface area contributed by atoms with Crippen LogP contribution in [0.3, 0.4) is 0 Å². The lowest BCUT2D eigenvalue weighted by molar-refractivity contribution is 0.102. The number of nitrogens with one attached hydrogen (secondary N) is 1. The fourth-order valence-electron chi connectivity index (χ4n) is 2.76. The molecule has 0 saturated carbocycles. The molecule has 0 aliphatic rings. The maximum atomic E-state index is 12.5. The lowest BCUT2D eigenvalue weighted by Crippen LogP contribution is -2.13.